The van der Waals surface area contributed by atoms with Gasteiger partial charge >= 0.3 is 0 Å². The van der Waals surface area contributed by atoms with Gasteiger partial charge in [-0.3, -0.25) is 4.79 Å². The van der Waals surface area contributed by atoms with Crippen LogP contribution < -0.4 is 30.5 Å². The van der Waals surface area contributed by atoms with E-state index >= 15 is 0 Å². The largest absolute Gasteiger partial charge is 0.492 e. The van der Waals surface area contributed by atoms with Gasteiger partial charge in [-0.1, -0.05) is 24.8 Å². The standard InChI is InChI=1S/C32H39N7O2/c1-6-32(40)37-26-15-27(30(41-7-2)17-29(26)39-18-21(3)35-22(4)19-39)36-31-16-25(33-20-34-31)23-11-12-28-24(14-23)10-8-9-13-38(28)5/h6,8,10-12,14-17,20-22,35H,1,7,9,13,18-19H2,2-5H3,(H,37,40)(H,33,34,36)/t21-,22+. The molecule has 3 aromatic rings. The molecule has 1 saturated heterocycles. The smallest absolute Gasteiger partial charge is 0.247 e. The van der Waals surface area contributed by atoms with Crippen LogP contribution in [0.15, 0.2) is 61.5 Å². The molecule has 2 aliphatic rings. The molecule has 1 amide bonds. The van der Waals surface area contributed by atoms with Crippen LogP contribution in [0.2, 0.25) is 0 Å². The molecule has 1 aromatic heterocycles. The minimum atomic E-state index is -0.273. The number of benzene rings is 2. The monoisotopic (exact) mass is 553 g/mol. The van der Waals surface area contributed by atoms with Gasteiger partial charge in [0.15, 0.2) is 0 Å². The van der Waals surface area contributed by atoms with Crippen molar-refractivity contribution in [2.75, 3.05) is 53.7 Å². The van der Waals surface area contributed by atoms with Gasteiger partial charge in [0, 0.05) is 62.1 Å². The van der Waals surface area contributed by atoms with Crippen LogP contribution in [0.1, 0.15) is 32.8 Å². The van der Waals surface area contributed by atoms with Crippen molar-refractivity contribution < 1.29 is 9.53 Å². The van der Waals surface area contributed by atoms with Gasteiger partial charge in [-0.15, -0.1) is 0 Å². The van der Waals surface area contributed by atoms with E-state index in [1.807, 2.05) is 25.1 Å². The van der Waals surface area contributed by atoms with Crippen LogP contribution in [0.3, 0.4) is 0 Å². The molecule has 0 saturated carbocycles. The normalized spacial score (nSPS) is 18.3. The van der Waals surface area contributed by atoms with Crippen LogP contribution in [-0.4, -0.2) is 61.2 Å². The number of hydrogen-bond donors (Lipinski definition) is 3. The fourth-order valence-corrected chi connectivity index (χ4v) is 5.53. The lowest BCUT2D eigenvalue weighted by atomic mass is 10.0. The summed E-state index contributed by atoms with van der Waals surface area (Å²) in [4.78, 5) is 26.0. The summed E-state index contributed by atoms with van der Waals surface area (Å²) in [5, 5.41) is 9.99. The number of ether oxygens (including phenoxy) is 1. The van der Waals surface area contributed by atoms with E-state index in [2.05, 4.69) is 93.5 Å². The highest BCUT2D eigenvalue weighted by atomic mass is 16.5. The Labute approximate surface area is 242 Å². The Balaban J connectivity index is 1.50. The number of nitrogens with one attached hydrogen (secondary N) is 3. The average Bonchev–Trinajstić information content (AvgIpc) is 3.14. The first kappa shape index (κ1) is 28.2. The lowest BCUT2D eigenvalue weighted by molar-refractivity contribution is -0.111. The number of nitrogens with zero attached hydrogens (tertiary/aromatic N) is 4. The number of amides is 1. The van der Waals surface area contributed by atoms with Gasteiger partial charge in [-0.2, -0.15) is 0 Å². The summed E-state index contributed by atoms with van der Waals surface area (Å²) in [5.74, 6) is 1.03. The molecule has 2 atom stereocenters. The third-order valence-corrected chi connectivity index (χ3v) is 7.33. The quantitative estimate of drug-likeness (QED) is 0.317. The topological polar surface area (TPSA) is 94.7 Å². The van der Waals surface area contributed by atoms with Gasteiger partial charge in [0.1, 0.15) is 17.9 Å². The number of carbonyl (C=O) groups is 1. The fraction of sp³-hybridized carbons (Fsp3) is 0.344. The molecule has 2 aromatic carbocycles. The molecule has 0 aliphatic carbocycles. The summed E-state index contributed by atoms with van der Waals surface area (Å²) in [6.45, 7) is 13.0. The minimum absolute atomic E-state index is 0.273. The van der Waals surface area contributed by atoms with Crippen molar-refractivity contribution in [3.8, 4) is 17.0 Å². The summed E-state index contributed by atoms with van der Waals surface area (Å²) in [6, 6.07) is 12.8. The minimum Gasteiger partial charge on any atom is -0.492 e. The summed E-state index contributed by atoms with van der Waals surface area (Å²) in [5.41, 5.74) is 6.48. The molecule has 1 fully saturated rings. The van der Waals surface area contributed by atoms with E-state index in [1.54, 1.807) is 6.33 Å². The van der Waals surface area contributed by atoms with Gasteiger partial charge in [0.25, 0.3) is 0 Å². The molecule has 3 heterocycles. The summed E-state index contributed by atoms with van der Waals surface area (Å²) in [7, 11) is 2.12. The van der Waals surface area contributed by atoms with Gasteiger partial charge in [0.2, 0.25) is 5.91 Å². The highest BCUT2D eigenvalue weighted by Crippen LogP contribution is 2.39. The summed E-state index contributed by atoms with van der Waals surface area (Å²) in [6.07, 6.45) is 8.25. The fourth-order valence-electron chi connectivity index (χ4n) is 5.53. The molecule has 5 rings (SSSR count). The van der Waals surface area contributed by atoms with Gasteiger partial charge in [0.05, 0.1) is 29.4 Å². The molecule has 0 bridgehead atoms. The molecule has 0 spiro atoms. The van der Waals surface area contributed by atoms with E-state index in [0.29, 0.717) is 41.6 Å². The van der Waals surface area contributed by atoms with Crippen molar-refractivity contribution in [2.24, 2.45) is 0 Å². The number of aromatic nitrogens is 2. The number of carbonyl (C=O) groups excluding carboxylic acids is 1. The first-order valence-electron chi connectivity index (χ1n) is 14.2. The van der Waals surface area contributed by atoms with E-state index in [9.17, 15) is 4.79 Å². The third-order valence-electron chi connectivity index (χ3n) is 7.33. The molecule has 9 nitrogen and oxygen atoms in total. The summed E-state index contributed by atoms with van der Waals surface area (Å²) < 4.78 is 6.09. The Bertz CT molecular complexity index is 1440. The Morgan fingerprint density at radius 2 is 1.93 bits per heavy atom. The number of fused-ring (bicyclic) bond motifs is 1. The lowest BCUT2D eigenvalue weighted by Gasteiger charge is -2.38. The summed E-state index contributed by atoms with van der Waals surface area (Å²) >= 11 is 0. The number of piperazine rings is 1. The predicted molar refractivity (Wildman–Crippen MR) is 168 cm³/mol. The second-order valence-corrected chi connectivity index (χ2v) is 10.7. The van der Waals surface area contributed by atoms with E-state index in [0.717, 1.165) is 43.0 Å². The number of rotatable bonds is 8. The van der Waals surface area contributed by atoms with Crippen molar-refractivity contribution in [3.05, 3.63) is 67.0 Å². The maximum Gasteiger partial charge on any atom is 0.247 e. The van der Waals surface area contributed by atoms with Crippen LogP contribution >= 0.6 is 0 Å². The highest BCUT2D eigenvalue weighted by molar-refractivity contribution is 6.02. The average molecular weight is 554 g/mol. The maximum atomic E-state index is 12.4. The second-order valence-electron chi connectivity index (χ2n) is 10.7. The van der Waals surface area contributed by atoms with Gasteiger partial charge in [-0.25, -0.2) is 9.97 Å². The van der Waals surface area contributed by atoms with Crippen molar-refractivity contribution in [1.29, 1.82) is 0 Å². The molecular weight excluding hydrogens is 514 g/mol. The Morgan fingerprint density at radius 1 is 1.12 bits per heavy atom. The second kappa shape index (κ2) is 12.4. The first-order valence-corrected chi connectivity index (χ1v) is 14.2. The van der Waals surface area contributed by atoms with Gasteiger partial charge < -0.3 is 30.5 Å². The molecule has 214 valence electrons. The Hall–Kier alpha value is -4.37. The molecule has 9 heteroatoms. The van der Waals surface area contributed by atoms with E-state index in [1.165, 1.54) is 17.3 Å². The van der Waals surface area contributed by atoms with Crippen molar-refractivity contribution >= 4 is 40.6 Å². The predicted octanol–water partition coefficient (Wildman–Crippen LogP) is 5.45. The maximum absolute atomic E-state index is 12.4. The zero-order valence-corrected chi connectivity index (χ0v) is 24.3. The Kier molecular flexibility index (Phi) is 8.54. The lowest BCUT2D eigenvalue weighted by Crippen LogP contribution is -2.54. The van der Waals surface area contributed by atoms with Crippen LogP contribution in [0.25, 0.3) is 17.3 Å². The van der Waals surface area contributed by atoms with Crippen molar-refractivity contribution in [1.82, 2.24) is 15.3 Å². The first-order chi connectivity index (χ1) is 19.8. The SMILES string of the molecule is C=CC(=O)Nc1cc(Nc2cc(-c3ccc4c(c3)C=CCCN4C)ncn2)c(OCC)cc1N1C[C@@H](C)N[C@@H](C)C1. The Morgan fingerprint density at radius 3 is 2.68 bits per heavy atom. The van der Waals surface area contributed by atoms with Crippen LogP contribution in [-0.2, 0) is 4.79 Å². The van der Waals surface area contributed by atoms with Crippen molar-refractivity contribution in [3.63, 3.8) is 0 Å². The van der Waals surface area contributed by atoms with Crippen LogP contribution in [0.5, 0.6) is 5.75 Å². The van der Waals surface area contributed by atoms with Gasteiger partial charge in [-0.05, 0) is 57.0 Å². The molecule has 2 aliphatic heterocycles. The molecule has 0 unspecified atom stereocenters. The molecule has 0 radical (unpaired) electrons. The molecule has 41 heavy (non-hydrogen) atoms. The third kappa shape index (κ3) is 6.52. The van der Waals surface area contributed by atoms with E-state index in [4.69, 9.17) is 4.74 Å². The van der Waals surface area contributed by atoms with Crippen LogP contribution in [0.4, 0.5) is 28.6 Å². The highest BCUT2D eigenvalue weighted by Gasteiger charge is 2.25. The van der Waals surface area contributed by atoms with E-state index in [-0.39, 0.29) is 5.91 Å². The zero-order chi connectivity index (χ0) is 28.9. The number of anilines is 5. The molecule has 3 N–H and O–H groups in total. The molecular formula is C32H39N7O2. The van der Waals surface area contributed by atoms with Crippen molar-refractivity contribution in [2.45, 2.75) is 39.3 Å². The zero-order valence-electron chi connectivity index (χ0n) is 24.3. The number of hydrogen-bond acceptors (Lipinski definition) is 8. The van der Waals surface area contributed by atoms with Crippen LogP contribution in [0, 0.1) is 0 Å². The van der Waals surface area contributed by atoms with E-state index < -0.39 is 0 Å².